The van der Waals surface area contributed by atoms with Crippen molar-refractivity contribution in [1.29, 1.82) is 0 Å². The SMILES string of the molecule is Cc1ncsc1-c1ccc(CNC(=O)[C@@H]2C[C@@H](O)CN2C(=O)[C@@H](NC(=O)CCCCc2ccc(CCC[C@H](CCC(N)=O)NC(=O)[C@@H]3Cc4cccc5c4N3C(=O)[C@@H](N)CC5)cc2)C(C)(C)C)cc1.Cl. The molecule has 1 fully saturated rings. The zero-order valence-corrected chi connectivity index (χ0v) is 42.3. The largest absolute Gasteiger partial charge is 0.391 e. The van der Waals surface area contributed by atoms with Crippen LogP contribution in [0.25, 0.3) is 10.4 Å². The smallest absolute Gasteiger partial charge is 0.246 e. The lowest BCUT2D eigenvalue weighted by Gasteiger charge is -2.35. The number of anilines is 1. The highest BCUT2D eigenvalue weighted by Gasteiger charge is 2.45. The van der Waals surface area contributed by atoms with E-state index < -0.39 is 47.5 Å². The van der Waals surface area contributed by atoms with Crippen LogP contribution in [0.2, 0.25) is 0 Å². The molecule has 4 heterocycles. The van der Waals surface area contributed by atoms with Crippen LogP contribution in [0.1, 0.15) is 112 Å². The van der Waals surface area contributed by atoms with Crippen molar-refractivity contribution in [2.24, 2.45) is 16.9 Å². The molecule has 17 heteroatoms. The van der Waals surface area contributed by atoms with Crippen LogP contribution in [0, 0.1) is 12.3 Å². The number of para-hydroxylation sites is 1. The van der Waals surface area contributed by atoms with Crippen molar-refractivity contribution in [1.82, 2.24) is 25.8 Å². The average molecular weight is 998 g/mol. The van der Waals surface area contributed by atoms with Gasteiger partial charge in [0.15, 0.2) is 0 Å². The van der Waals surface area contributed by atoms with Crippen LogP contribution in [-0.2, 0) is 61.0 Å². The summed E-state index contributed by atoms with van der Waals surface area (Å²) in [5, 5.41) is 19.7. The van der Waals surface area contributed by atoms with Gasteiger partial charge < -0.3 is 37.4 Å². The van der Waals surface area contributed by atoms with Crippen LogP contribution in [0.4, 0.5) is 5.69 Å². The number of nitrogens with zero attached hydrogens (tertiary/aromatic N) is 3. The van der Waals surface area contributed by atoms with Gasteiger partial charge >= 0.3 is 0 Å². The highest BCUT2D eigenvalue weighted by Crippen LogP contribution is 2.39. The third-order valence-electron chi connectivity index (χ3n) is 13.7. The normalized spacial score (nSPS) is 19.4. The van der Waals surface area contributed by atoms with Gasteiger partial charge in [0.1, 0.15) is 18.1 Å². The van der Waals surface area contributed by atoms with E-state index >= 15 is 0 Å². The van der Waals surface area contributed by atoms with E-state index in [0.717, 1.165) is 75.3 Å². The summed E-state index contributed by atoms with van der Waals surface area (Å²) in [6, 6.07) is 18.7. The number of benzene rings is 3. The summed E-state index contributed by atoms with van der Waals surface area (Å²) in [6.07, 6.45) is 5.93. The quantitative estimate of drug-likeness (QED) is 0.0625. The highest BCUT2D eigenvalue weighted by molar-refractivity contribution is 7.13. The number of amides is 6. The lowest BCUT2D eigenvalue weighted by Crippen LogP contribution is -2.57. The van der Waals surface area contributed by atoms with Gasteiger partial charge in [0.05, 0.1) is 33.9 Å². The second-order valence-corrected chi connectivity index (χ2v) is 20.9. The number of β-amino-alcohol motifs (C(OH)–C–C–N with tert-alkyl or cyclic N) is 1. The fraction of sp³-hybridized carbons (Fsp3) is 0.491. The van der Waals surface area contributed by atoms with Gasteiger partial charge in [0.2, 0.25) is 35.4 Å². The Labute approximate surface area is 421 Å². The Morgan fingerprint density at radius 3 is 2.19 bits per heavy atom. The number of halogens is 1. The van der Waals surface area contributed by atoms with E-state index in [1.165, 1.54) is 4.90 Å². The second kappa shape index (κ2) is 24.0. The number of aliphatic hydroxyl groups excluding tert-OH is 1. The molecule has 3 aromatic carbocycles. The van der Waals surface area contributed by atoms with Crippen LogP contribution in [-0.4, -0.2) is 93.3 Å². The number of hydrogen-bond acceptors (Lipinski definition) is 10. The van der Waals surface area contributed by atoms with Crippen LogP contribution in [0.15, 0.2) is 72.2 Å². The fourth-order valence-electron chi connectivity index (χ4n) is 9.82. The zero-order chi connectivity index (χ0) is 49.4. The van der Waals surface area contributed by atoms with E-state index in [2.05, 4.69) is 45.2 Å². The molecule has 15 nitrogen and oxygen atoms in total. The molecule has 4 aromatic rings. The standard InChI is InChI=1S/C53H68N8O7S.ClH/c1-32-47(69-31-57-32)37-21-19-35(20-22-37)29-56-49(65)42-28-40(62)30-60(42)52(68)48(53(2,3)4)59-45(64)14-6-5-9-33-15-17-34(18-16-33)10-7-13-39(24-26-44(55)63)58-50(66)43-27-38-12-8-11-36-23-25-41(54)51(67)61(43)46(36)38;/h8,11-12,15-22,31,39-43,48,62H,5-7,9-10,13-14,23-30,54H2,1-4H3,(H2,55,63)(H,56,65)(H,58,66)(H,59,64);1H/t39-,40-,41+,42+,43+,48-;/m1./s1. The molecule has 3 aliphatic rings. The molecule has 0 spiro atoms. The lowest BCUT2D eigenvalue weighted by molar-refractivity contribution is -0.144. The molecule has 376 valence electrons. The van der Waals surface area contributed by atoms with Gasteiger partial charge in [-0.25, -0.2) is 4.98 Å². The van der Waals surface area contributed by atoms with Gasteiger partial charge in [0, 0.05) is 44.8 Å². The molecule has 6 amide bonds. The maximum absolute atomic E-state index is 14.1. The molecule has 8 N–H and O–H groups in total. The van der Waals surface area contributed by atoms with Gasteiger partial charge in [-0.15, -0.1) is 23.7 Å². The number of rotatable bonds is 20. The maximum Gasteiger partial charge on any atom is 0.246 e. The Hall–Kier alpha value is -5.68. The van der Waals surface area contributed by atoms with E-state index in [4.69, 9.17) is 11.5 Å². The van der Waals surface area contributed by atoms with E-state index in [-0.39, 0.29) is 74.4 Å². The summed E-state index contributed by atoms with van der Waals surface area (Å²) < 4.78 is 0. The van der Waals surface area contributed by atoms with Crippen molar-refractivity contribution in [3.05, 3.63) is 106 Å². The summed E-state index contributed by atoms with van der Waals surface area (Å²) >= 11 is 1.57. The summed E-state index contributed by atoms with van der Waals surface area (Å²) in [5.41, 5.74) is 20.9. The van der Waals surface area contributed by atoms with Crippen LogP contribution >= 0.6 is 23.7 Å². The molecule has 0 radical (unpaired) electrons. The van der Waals surface area contributed by atoms with E-state index in [1.54, 1.807) is 16.2 Å². The molecule has 0 saturated carbocycles. The number of aliphatic hydroxyl groups is 1. The fourth-order valence-corrected chi connectivity index (χ4v) is 10.6. The molecule has 6 atom stereocenters. The summed E-state index contributed by atoms with van der Waals surface area (Å²) in [4.78, 5) is 88.3. The minimum atomic E-state index is -0.895. The van der Waals surface area contributed by atoms with Crippen molar-refractivity contribution >= 4 is 64.9 Å². The van der Waals surface area contributed by atoms with Gasteiger partial charge in [-0.3, -0.25) is 33.7 Å². The van der Waals surface area contributed by atoms with E-state index in [0.29, 0.717) is 38.5 Å². The summed E-state index contributed by atoms with van der Waals surface area (Å²) in [6.45, 7) is 7.86. The summed E-state index contributed by atoms with van der Waals surface area (Å²) in [5.74, 6) is -1.92. The predicted molar refractivity (Wildman–Crippen MR) is 274 cm³/mol. The van der Waals surface area contributed by atoms with Crippen molar-refractivity contribution < 1.29 is 33.9 Å². The number of aryl methyl sites for hydroxylation is 4. The molecule has 7 rings (SSSR count). The van der Waals surface area contributed by atoms with E-state index in [1.807, 2.05) is 75.7 Å². The number of thiazole rings is 1. The van der Waals surface area contributed by atoms with Crippen molar-refractivity contribution in [2.45, 2.75) is 154 Å². The predicted octanol–water partition coefficient (Wildman–Crippen LogP) is 5.37. The van der Waals surface area contributed by atoms with Crippen molar-refractivity contribution in [3.63, 3.8) is 0 Å². The Morgan fingerprint density at radius 2 is 1.53 bits per heavy atom. The number of hydrogen-bond donors (Lipinski definition) is 6. The second-order valence-electron chi connectivity index (χ2n) is 20.1. The van der Waals surface area contributed by atoms with E-state index in [9.17, 15) is 33.9 Å². The zero-order valence-electron chi connectivity index (χ0n) is 40.7. The first-order chi connectivity index (χ1) is 33.0. The molecule has 0 aliphatic carbocycles. The number of likely N-dealkylation sites (tertiary alicyclic amines) is 1. The molecule has 1 aromatic heterocycles. The van der Waals surface area contributed by atoms with Gasteiger partial charge in [0.25, 0.3) is 0 Å². The van der Waals surface area contributed by atoms with Gasteiger partial charge in [-0.1, -0.05) is 87.5 Å². The number of primary amides is 1. The third kappa shape index (κ3) is 13.4. The Kier molecular flexibility index (Phi) is 18.4. The molecule has 1 saturated heterocycles. The molecule has 0 unspecified atom stereocenters. The van der Waals surface area contributed by atoms with Gasteiger partial charge in [-0.2, -0.15) is 0 Å². The number of carbonyl (C=O) groups excluding carboxylic acids is 6. The highest BCUT2D eigenvalue weighted by atomic mass is 35.5. The topological polar surface area (TPSA) is 230 Å². The molecule has 3 aliphatic heterocycles. The monoisotopic (exact) mass is 996 g/mol. The molecular weight excluding hydrogens is 928 g/mol. The third-order valence-corrected chi connectivity index (χ3v) is 14.7. The van der Waals surface area contributed by atoms with Crippen LogP contribution in [0.3, 0.4) is 0 Å². The first kappa shape index (κ1) is 53.7. The maximum atomic E-state index is 14.1. The number of unbranched alkanes of at least 4 members (excludes halogenated alkanes) is 1. The average Bonchev–Trinajstić information content (AvgIpc) is 4.04. The molecule has 70 heavy (non-hydrogen) atoms. The Bertz CT molecular complexity index is 2490. The van der Waals surface area contributed by atoms with Gasteiger partial charge in [-0.05, 0) is 104 Å². The number of carbonyl (C=O) groups is 6. The van der Waals surface area contributed by atoms with Crippen LogP contribution in [0.5, 0.6) is 0 Å². The first-order valence-corrected chi connectivity index (χ1v) is 25.3. The number of aromatic nitrogens is 1. The number of nitrogens with one attached hydrogen (secondary N) is 3. The Balaban J connectivity index is 0.00000804. The van der Waals surface area contributed by atoms with Crippen molar-refractivity contribution in [2.75, 3.05) is 11.4 Å². The lowest BCUT2D eigenvalue weighted by atomic mass is 9.85. The minimum Gasteiger partial charge on any atom is -0.391 e. The van der Waals surface area contributed by atoms with Crippen LogP contribution < -0.4 is 32.3 Å². The number of nitrogens with two attached hydrogens (primary N) is 2. The van der Waals surface area contributed by atoms with Crippen molar-refractivity contribution in [3.8, 4) is 10.4 Å². The molecule has 0 bridgehead atoms. The Morgan fingerprint density at radius 1 is 0.857 bits per heavy atom. The minimum absolute atomic E-state index is 0. The summed E-state index contributed by atoms with van der Waals surface area (Å²) in [7, 11) is 0. The molecular formula is C53H69ClN8O7S. The first-order valence-electron chi connectivity index (χ1n) is 24.4.